The van der Waals surface area contributed by atoms with E-state index in [9.17, 15) is 9.59 Å². The number of hydrogen-bond acceptors (Lipinski definition) is 5. The summed E-state index contributed by atoms with van der Waals surface area (Å²) in [5, 5.41) is 8.76. The third-order valence-corrected chi connectivity index (χ3v) is 5.50. The van der Waals surface area contributed by atoms with E-state index in [0.717, 1.165) is 19.9 Å². The lowest BCUT2D eigenvalue weighted by atomic mass is 10.1. The maximum atomic E-state index is 12.6. The van der Waals surface area contributed by atoms with Crippen LogP contribution in [-0.4, -0.2) is 24.6 Å². The van der Waals surface area contributed by atoms with Gasteiger partial charge in [-0.25, -0.2) is 5.43 Å². The van der Waals surface area contributed by atoms with Crippen molar-refractivity contribution in [3.63, 3.8) is 0 Å². The molecule has 3 aromatic carbocycles. The number of hydrogen-bond donors (Lipinski definition) is 2. The molecule has 0 saturated carbocycles. The average molecular weight is 541 g/mol. The number of amides is 2. The van der Waals surface area contributed by atoms with Gasteiger partial charge in [0.1, 0.15) is 16.9 Å². The van der Waals surface area contributed by atoms with Crippen LogP contribution in [0.4, 0.5) is 5.69 Å². The Morgan fingerprint density at radius 2 is 1.84 bits per heavy atom. The van der Waals surface area contributed by atoms with Gasteiger partial charge in [-0.2, -0.15) is 5.10 Å². The van der Waals surface area contributed by atoms with Gasteiger partial charge in [-0.05, 0) is 59.8 Å². The SMILES string of the molecule is COc1cc2c(cc1NC(=O)CC(C)=NNC(=O)c1cccc(I)c1)oc1ccccc12. The van der Waals surface area contributed by atoms with Gasteiger partial charge in [0, 0.05) is 31.7 Å². The molecule has 0 radical (unpaired) electrons. The van der Waals surface area contributed by atoms with Gasteiger partial charge in [0.2, 0.25) is 5.91 Å². The molecular formula is C24H20IN3O4. The van der Waals surface area contributed by atoms with E-state index >= 15 is 0 Å². The normalized spacial score (nSPS) is 11.5. The van der Waals surface area contributed by atoms with Gasteiger partial charge in [-0.3, -0.25) is 9.59 Å². The Hall–Kier alpha value is -3.40. The number of fused-ring (bicyclic) bond motifs is 3. The summed E-state index contributed by atoms with van der Waals surface area (Å²) in [5.74, 6) is -0.0946. The van der Waals surface area contributed by atoms with E-state index in [1.807, 2.05) is 36.4 Å². The van der Waals surface area contributed by atoms with E-state index < -0.39 is 0 Å². The van der Waals surface area contributed by atoms with Crippen LogP contribution in [0.15, 0.2) is 70.2 Å². The van der Waals surface area contributed by atoms with Crippen molar-refractivity contribution in [1.82, 2.24) is 5.43 Å². The minimum absolute atomic E-state index is 0.00786. The van der Waals surface area contributed by atoms with Crippen LogP contribution < -0.4 is 15.5 Å². The first kappa shape index (κ1) is 21.8. The van der Waals surface area contributed by atoms with E-state index in [1.54, 1.807) is 38.3 Å². The molecule has 32 heavy (non-hydrogen) atoms. The molecule has 0 spiro atoms. The van der Waals surface area contributed by atoms with Crippen LogP contribution in [-0.2, 0) is 4.79 Å². The number of carbonyl (C=O) groups is 2. The van der Waals surface area contributed by atoms with Crippen molar-refractivity contribution in [2.45, 2.75) is 13.3 Å². The molecule has 0 bridgehead atoms. The largest absolute Gasteiger partial charge is 0.495 e. The molecule has 2 amide bonds. The lowest BCUT2D eigenvalue weighted by molar-refractivity contribution is -0.115. The Morgan fingerprint density at radius 1 is 1.03 bits per heavy atom. The molecule has 4 rings (SSSR count). The molecule has 1 aromatic heterocycles. The zero-order chi connectivity index (χ0) is 22.7. The molecule has 8 heteroatoms. The molecule has 2 N–H and O–H groups in total. The number of halogens is 1. The topological polar surface area (TPSA) is 92.9 Å². The van der Waals surface area contributed by atoms with Gasteiger partial charge in [0.25, 0.3) is 5.91 Å². The standard InChI is InChI=1S/C24H20IN3O4/c1-14(27-28-24(30)15-6-5-7-16(25)11-15)10-23(29)26-19-13-21-18(12-22(19)31-2)17-8-3-4-9-20(17)32-21/h3-9,11-13H,10H2,1-2H3,(H,26,29)(H,28,30). The highest BCUT2D eigenvalue weighted by atomic mass is 127. The van der Waals surface area contributed by atoms with Crippen molar-refractivity contribution in [2.75, 3.05) is 12.4 Å². The monoisotopic (exact) mass is 541 g/mol. The summed E-state index contributed by atoms with van der Waals surface area (Å²) < 4.78 is 12.3. The minimum Gasteiger partial charge on any atom is -0.495 e. The molecule has 4 aromatic rings. The fraction of sp³-hybridized carbons (Fsp3) is 0.125. The molecule has 0 aliphatic heterocycles. The summed E-state index contributed by atoms with van der Waals surface area (Å²) in [6.45, 7) is 1.67. The number of methoxy groups -OCH3 is 1. The van der Waals surface area contributed by atoms with Crippen molar-refractivity contribution >= 4 is 67.7 Å². The van der Waals surface area contributed by atoms with E-state index in [4.69, 9.17) is 9.15 Å². The van der Waals surface area contributed by atoms with Gasteiger partial charge in [-0.1, -0.05) is 24.3 Å². The Bertz CT molecular complexity index is 1360. The Balaban J connectivity index is 1.46. The zero-order valence-corrected chi connectivity index (χ0v) is 19.6. The second kappa shape index (κ2) is 9.39. The minimum atomic E-state index is -0.333. The van der Waals surface area contributed by atoms with E-state index in [0.29, 0.717) is 28.3 Å². The number of benzene rings is 3. The number of para-hydroxylation sites is 1. The Morgan fingerprint density at radius 3 is 2.62 bits per heavy atom. The highest BCUT2D eigenvalue weighted by Crippen LogP contribution is 2.36. The van der Waals surface area contributed by atoms with Gasteiger partial charge in [0.05, 0.1) is 19.2 Å². The highest BCUT2D eigenvalue weighted by molar-refractivity contribution is 14.1. The summed E-state index contributed by atoms with van der Waals surface area (Å²) in [6.07, 6.45) is 0.00786. The maximum Gasteiger partial charge on any atom is 0.271 e. The number of carbonyl (C=O) groups excluding carboxylic acids is 2. The van der Waals surface area contributed by atoms with Crippen molar-refractivity contribution in [3.8, 4) is 5.75 Å². The van der Waals surface area contributed by atoms with Gasteiger partial charge in [-0.15, -0.1) is 0 Å². The number of furan rings is 1. The van der Waals surface area contributed by atoms with E-state index in [2.05, 4.69) is 38.4 Å². The molecule has 0 fully saturated rings. The molecule has 0 aliphatic rings. The second-order valence-corrected chi connectivity index (χ2v) is 8.42. The molecule has 0 unspecified atom stereocenters. The van der Waals surface area contributed by atoms with Crippen LogP contribution in [0.2, 0.25) is 0 Å². The van der Waals surface area contributed by atoms with Crippen LogP contribution in [0.1, 0.15) is 23.7 Å². The molecule has 0 aliphatic carbocycles. The lowest BCUT2D eigenvalue weighted by Crippen LogP contribution is -2.21. The van der Waals surface area contributed by atoms with Gasteiger partial charge < -0.3 is 14.5 Å². The summed E-state index contributed by atoms with van der Waals surface area (Å²) in [7, 11) is 1.55. The summed E-state index contributed by atoms with van der Waals surface area (Å²) in [4.78, 5) is 24.8. The van der Waals surface area contributed by atoms with Crippen molar-refractivity contribution in [2.24, 2.45) is 5.10 Å². The summed E-state index contributed by atoms with van der Waals surface area (Å²) in [6, 6.07) is 18.5. The maximum absolute atomic E-state index is 12.6. The zero-order valence-electron chi connectivity index (χ0n) is 17.4. The van der Waals surface area contributed by atoms with Crippen LogP contribution in [0.3, 0.4) is 0 Å². The molecule has 1 heterocycles. The fourth-order valence-corrected chi connectivity index (χ4v) is 3.87. The van der Waals surface area contributed by atoms with Crippen LogP contribution in [0, 0.1) is 3.57 Å². The van der Waals surface area contributed by atoms with E-state index in [-0.39, 0.29) is 18.2 Å². The second-order valence-electron chi connectivity index (χ2n) is 7.17. The molecule has 7 nitrogen and oxygen atoms in total. The fourth-order valence-electron chi connectivity index (χ4n) is 3.32. The predicted molar refractivity (Wildman–Crippen MR) is 133 cm³/mol. The molecule has 162 valence electrons. The van der Waals surface area contributed by atoms with Crippen LogP contribution in [0.25, 0.3) is 21.9 Å². The van der Waals surface area contributed by atoms with Crippen LogP contribution >= 0.6 is 22.6 Å². The smallest absolute Gasteiger partial charge is 0.271 e. The van der Waals surface area contributed by atoms with Gasteiger partial charge in [0.15, 0.2) is 0 Å². The number of ether oxygens (including phenoxy) is 1. The third kappa shape index (κ3) is 4.75. The molecule has 0 atom stereocenters. The number of anilines is 1. The van der Waals surface area contributed by atoms with Crippen molar-refractivity contribution in [3.05, 3.63) is 69.8 Å². The number of hydrazone groups is 1. The quantitative estimate of drug-likeness (QED) is 0.196. The number of nitrogens with zero attached hydrogens (tertiary/aromatic N) is 1. The first-order chi connectivity index (χ1) is 15.4. The summed E-state index contributed by atoms with van der Waals surface area (Å²) >= 11 is 2.14. The number of nitrogens with one attached hydrogen (secondary N) is 2. The van der Waals surface area contributed by atoms with Gasteiger partial charge >= 0.3 is 0 Å². The van der Waals surface area contributed by atoms with Crippen molar-refractivity contribution < 1.29 is 18.7 Å². The third-order valence-electron chi connectivity index (χ3n) is 4.82. The predicted octanol–water partition coefficient (Wildman–Crippen LogP) is 5.33. The molecular weight excluding hydrogens is 521 g/mol. The highest BCUT2D eigenvalue weighted by Gasteiger charge is 2.15. The first-order valence-corrected chi connectivity index (χ1v) is 10.9. The first-order valence-electron chi connectivity index (χ1n) is 9.83. The average Bonchev–Trinajstić information content (AvgIpc) is 3.14. The molecule has 0 saturated heterocycles. The Labute approximate surface area is 197 Å². The lowest BCUT2D eigenvalue weighted by Gasteiger charge is -2.10. The number of rotatable bonds is 6. The van der Waals surface area contributed by atoms with Crippen LogP contribution in [0.5, 0.6) is 5.75 Å². The summed E-state index contributed by atoms with van der Waals surface area (Å²) in [5.41, 5.74) is 5.36. The van der Waals surface area contributed by atoms with E-state index in [1.165, 1.54) is 0 Å². The van der Waals surface area contributed by atoms with Crippen molar-refractivity contribution in [1.29, 1.82) is 0 Å². The Kier molecular flexibility index (Phi) is 6.40.